The van der Waals surface area contributed by atoms with Crippen molar-refractivity contribution in [3.63, 3.8) is 0 Å². The zero-order chi connectivity index (χ0) is 18.8. The second-order valence-electron chi connectivity index (χ2n) is 6.39. The molecule has 0 aliphatic carbocycles. The number of carboxylic acid groups (broad SMARTS) is 1. The van der Waals surface area contributed by atoms with Gasteiger partial charge in [-0.1, -0.05) is 30.3 Å². The summed E-state index contributed by atoms with van der Waals surface area (Å²) in [4.78, 5) is 23.7. The van der Waals surface area contributed by atoms with Gasteiger partial charge in [-0.05, 0) is 49.6 Å². The van der Waals surface area contributed by atoms with Gasteiger partial charge >= 0.3 is 11.6 Å². The predicted octanol–water partition coefficient (Wildman–Crippen LogP) is 3.85. The normalized spacial score (nSPS) is 12.1. The molecule has 0 aliphatic rings. The third-order valence-electron chi connectivity index (χ3n) is 4.36. The number of ether oxygens (including phenoxy) is 1. The minimum Gasteiger partial charge on any atom is -0.479 e. The monoisotopic (exact) mass is 352 g/mol. The smallest absolute Gasteiger partial charge is 0.344 e. The zero-order valence-electron chi connectivity index (χ0n) is 14.9. The summed E-state index contributed by atoms with van der Waals surface area (Å²) in [7, 11) is 0. The van der Waals surface area contributed by atoms with E-state index in [1.807, 2.05) is 44.2 Å². The molecule has 0 fully saturated rings. The van der Waals surface area contributed by atoms with E-state index in [0.717, 1.165) is 16.7 Å². The molecule has 0 aliphatic heterocycles. The number of fused-ring (bicyclic) bond motifs is 1. The molecule has 0 saturated carbocycles. The van der Waals surface area contributed by atoms with Crippen LogP contribution in [0.4, 0.5) is 0 Å². The first-order chi connectivity index (χ1) is 12.4. The lowest BCUT2D eigenvalue weighted by molar-refractivity contribution is -0.144. The third kappa shape index (κ3) is 3.47. The van der Waals surface area contributed by atoms with E-state index in [-0.39, 0.29) is 5.63 Å². The number of aryl methyl sites for hydroxylation is 2. The summed E-state index contributed by atoms with van der Waals surface area (Å²) >= 11 is 0. The van der Waals surface area contributed by atoms with Crippen LogP contribution in [0.1, 0.15) is 29.2 Å². The maximum Gasteiger partial charge on any atom is 0.344 e. The molecular weight excluding hydrogens is 332 g/mol. The summed E-state index contributed by atoms with van der Waals surface area (Å²) < 4.78 is 11.2. The minimum absolute atomic E-state index is 0.387. The van der Waals surface area contributed by atoms with Gasteiger partial charge in [0.25, 0.3) is 0 Å². The van der Waals surface area contributed by atoms with Crippen molar-refractivity contribution in [2.45, 2.75) is 33.3 Å². The van der Waals surface area contributed by atoms with Crippen molar-refractivity contribution in [3.05, 3.63) is 75.1 Å². The Labute approximate surface area is 150 Å². The molecule has 26 heavy (non-hydrogen) atoms. The average Bonchev–Trinajstić information content (AvgIpc) is 2.58. The second-order valence-corrected chi connectivity index (χ2v) is 6.39. The molecule has 0 radical (unpaired) electrons. The fourth-order valence-electron chi connectivity index (χ4n) is 2.98. The van der Waals surface area contributed by atoms with Gasteiger partial charge in [0.15, 0.2) is 6.10 Å². The summed E-state index contributed by atoms with van der Waals surface area (Å²) in [5, 5.41) is 9.78. The lowest BCUT2D eigenvalue weighted by Crippen LogP contribution is -2.23. The van der Waals surface area contributed by atoms with E-state index >= 15 is 0 Å². The molecule has 1 atom stereocenters. The molecular formula is C21H20O5. The molecule has 3 aromatic rings. The van der Waals surface area contributed by atoms with Crippen molar-refractivity contribution in [1.29, 1.82) is 0 Å². The number of carboxylic acids is 1. The summed E-state index contributed by atoms with van der Waals surface area (Å²) in [6.07, 6.45) is -0.573. The van der Waals surface area contributed by atoms with Gasteiger partial charge in [-0.25, -0.2) is 9.59 Å². The molecule has 134 valence electrons. The Morgan fingerprint density at radius 3 is 2.54 bits per heavy atom. The quantitative estimate of drug-likeness (QED) is 0.706. The summed E-state index contributed by atoms with van der Waals surface area (Å²) in [5.74, 6) is -0.648. The van der Waals surface area contributed by atoms with Gasteiger partial charge in [0.05, 0.1) is 5.39 Å². The van der Waals surface area contributed by atoms with Crippen molar-refractivity contribution < 1.29 is 19.1 Å². The molecule has 0 unspecified atom stereocenters. The van der Waals surface area contributed by atoms with Crippen LogP contribution in [0, 0.1) is 13.8 Å². The van der Waals surface area contributed by atoms with E-state index in [0.29, 0.717) is 28.7 Å². The summed E-state index contributed by atoms with van der Waals surface area (Å²) in [6, 6.07) is 13.2. The minimum atomic E-state index is -1.06. The van der Waals surface area contributed by atoms with Gasteiger partial charge in [-0.2, -0.15) is 0 Å². The van der Waals surface area contributed by atoms with E-state index in [1.54, 1.807) is 12.1 Å². The molecule has 0 saturated heterocycles. The van der Waals surface area contributed by atoms with Gasteiger partial charge in [0.1, 0.15) is 11.3 Å². The van der Waals surface area contributed by atoms with Crippen LogP contribution in [0.5, 0.6) is 5.75 Å². The standard InChI is InChI=1S/C21H20O5/c1-12-9-17(25-14(3)20(22)23)19-13(2)16(21(24)26-18(19)10-12)11-15-7-5-4-6-8-15/h4-10,14H,11H2,1-3H3,(H,22,23)/t14-/m1/s1. The van der Waals surface area contributed by atoms with Crippen molar-refractivity contribution in [2.75, 3.05) is 0 Å². The first-order valence-corrected chi connectivity index (χ1v) is 8.37. The zero-order valence-corrected chi connectivity index (χ0v) is 14.9. The topological polar surface area (TPSA) is 76.7 Å². The van der Waals surface area contributed by atoms with Crippen LogP contribution in [-0.2, 0) is 11.2 Å². The highest BCUT2D eigenvalue weighted by Crippen LogP contribution is 2.32. The summed E-state index contributed by atoms with van der Waals surface area (Å²) in [6.45, 7) is 5.14. The maximum absolute atomic E-state index is 12.5. The molecule has 5 nitrogen and oxygen atoms in total. The number of benzene rings is 2. The van der Waals surface area contributed by atoms with Gasteiger partial charge in [-0.15, -0.1) is 0 Å². The summed E-state index contributed by atoms with van der Waals surface area (Å²) in [5.41, 5.74) is 3.12. The number of rotatable bonds is 5. The molecule has 0 bridgehead atoms. The lowest BCUT2D eigenvalue weighted by Gasteiger charge is -2.16. The molecule has 2 aromatic carbocycles. The highest BCUT2D eigenvalue weighted by Gasteiger charge is 2.19. The van der Waals surface area contributed by atoms with Crippen LogP contribution in [-0.4, -0.2) is 17.2 Å². The first-order valence-electron chi connectivity index (χ1n) is 8.37. The predicted molar refractivity (Wildman–Crippen MR) is 98.9 cm³/mol. The van der Waals surface area contributed by atoms with Crippen LogP contribution < -0.4 is 10.4 Å². The largest absolute Gasteiger partial charge is 0.479 e. The SMILES string of the molecule is Cc1cc(O[C@H](C)C(=O)O)c2c(C)c(Cc3ccccc3)c(=O)oc2c1. The molecule has 1 aromatic heterocycles. The Bertz CT molecular complexity index is 1020. The molecule has 0 spiro atoms. The lowest BCUT2D eigenvalue weighted by atomic mass is 9.98. The van der Waals surface area contributed by atoms with Gasteiger partial charge in [-0.3, -0.25) is 0 Å². The van der Waals surface area contributed by atoms with Crippen molar-refractivity contribution in [2.24, 2.45) is 0 Å². The Kier molecular flexibility index (Phi) is 4.80. The fourth-order valence-corrected chi connectivity index (χ4v) is 2.98. The number of aliphatic carboxylic acids is 1. The van der Waals surface area contributed by atoms with E-state index in [9.17, 15) is 9.59 Å². The molecule has 3 rings (SSSR count). The van der Waals surface area contributed by atoms with Gasteiger partial charge < -0.3 is 14.3 Å². The Morgan fingerprint density at radius 1 is 1.19 bits per heavy atom. The van der Waals surface area contributed by atoms with Crippen LogP contribution in [0.3, 0.4) is 0 Å². The fraction of sp³-hybridized carbons (Fsp3) is 0.238. The average molecular weight is 352 g/mol. The van der Waals surface area contributed by atoms with Crippen molar-refractivity contribution >= 4 is 16.9 Å². The van der Waals surface area contributed by atoms with Crippen molar-refractivity contribution in [1.82, 2.24) is 0 Å². The third-order valence-corrected chi connectivity index (χ3v) is 4.36. The highest BCUT2D eigenvalue weighted by atomic mass is 16.5. The molecule has 5 heteroatoms. The van der Waals surface area contributed by atoms with E-state index in [2.05, 4.69) is 0 Å². The van der Waals surface area contributed by atoms with E-state index < -0.39 is 12.1 Å². The number of hydrogen-bond acceptors (Lipinski definition) is 4. The highest BCUT2D eigenvalue weighted by molar-refractivity contribution is 5.88. The van der Waals surface area contributed by atoms with Crippen LogP contribution in [0.25, 0.3) is 11.0 Å². The van der Waals surface area contributed by atoms with E-state index in [4.69, 9.17) is 14.3 Å². The maximum atomic E-state index is 12.5. The molecule has 0 amide bonds. The van der Waals surface area contributed by atoms with Crippen LogP contribution in [0.2, 0.25) is 0 Å². The number of hydrogen-bond donors (Lipinski definition) is 1. The van der Waals surface area contributed by atoms with Gasteiger partial charge in [0.2, 0.25) is 0 Å². The number of carbonyl (C=O) groups is 1. The Morgan fingerprint density at radius 2 is 1.88 bits per heavy atom. The Balaban J connectivity index is 2.18. The molecule has 1 N–H and O–H groups in total. The first kappa shape index (κ1) is 17.7. The van der Waals surface area contributed by atoms with E-state index in [1.165, 1.54) is 6.92 Å². The van der Waals surface area contributed by atoms with Crippen molar-refractivity contribution in [3.8, 4) is 5.75 Å². The van der Waals surface area contributed by atoms with Gasteiger partial charge in [0, 0.05) is 12.0 Å². The van der Waals surface area contributed by atoms with Crippen LogP contribution >= 0.6 is 0 Å². The second kappa shape index (κ2) is 7.04. The molecule has 1 heterocycles. The van der Waals surface area contributed by atoms with Crippen LogP contribution in [0.15, 0.2) is 51.7 Å². The Hall–Kier alpha value is -3.08.